The van der Waals surface area contributed by atoms with Crippen molar-refractivity contribution < 1.29 is 28.2 Å². The molecule has 6 heteroatoms. The largest absolute Gasteiger partial charge is 0.478 e. The molecule has 1 N–H and O–H groups in total. The van der Waals surface area contributed by atoms with Gasteiger partial charge in [-0.3, -0.25) is 4.79 Å². The zero-order valence-electron chi connectivity index (χ0n) is 10.2. The minimum absolute atomic E-state index is 0.0738. The molecule has 0 saturated heterocycles. The number of hydrogen-bond acceptors (Lipinski definition) is 3. The van der Waals surface area contributed by atoms with Crippen LogP contribution >= 0.6 is 0 Å². The van der Waals surface area contributed by atoms with Gasteiger partial charge in [0.1, 0.15) is 11.6 Å². The maximum atomic E-state index is 13.5. The molecule has 0 amide bonds. The van der Waals surface area contributed by atoms with Crippen LogP contribution in [0.3, 0.4) is 0 Å². The van der Waals surface area contributed by atoms with Crippen molar-refractivity contribution in [2.24, 2.45) is 0 Å². The second-order valence-corrected chi connectivity index (χ2v) is 3.57. The van der Waals surface area contributed by atoms with Crippen molar-refractivity contribution in [1.29, 1.82) is 0 Å². The summed E-state index contributed by atoms with van der Waals surface area (Å²) in [4.78, 5) is 21.6. The van der Waals surface area contributed by atoms with E-state index in [1.165, 1.54) is 12.2 Å². The molecular formula is C13H12F2O4. The van der Waals surface area contributed by atoms with Gasteiger partial charge >= 0.3 is 11.9 Å². The average molecular weight is 270 g/mol. The predicted octanol–water partition coefficient (Wildman–Crippen LogP) is 2.63. The summed E-state index contributed by atoms with van der Waals surface area (Å²) in [7, 11) is 0. The Hall–Kier alpha value is -2.24. The average Bonchev–Trinajstić information content (AvgIpc) is 2.33. The van der Waals surface area contributed by atoms with E-state index < -0.39 is 29.1 Å². The summed E-state index contributed by atoms with van der Waals surface area (Å²) in [5.41, 5.74) is -0.869. The van der Waals surface area contributed by atoms with Crippen molar-refractivity contribution in [3.63, 3.8) is 0 Å². The highest BCUT2D eigenvalue weighted by molar-refractivity contribution is 5.88. The van der Waals surface area contributed by atoms with E-state index in [0.717, 1.165) is 6.07 Å². The molecule has 0 aliphatic rings. The fourth-order valence-corrected chi connectivity index (χ4v) is 1.36. The predicted molar refractivity (Wildman–Crippen MR) is 63.6 cm³/mol. The second kappa shape index (κ2) is 6.63. The van der Waals surface area contributed by atoms with Crippen molar-refractivity contribution in [3.05, 3.63) is 41.0 Å². The zero-order chi connectivity index (χ0) is 14.4. The van der Waals surface area contributed by atoms with Gasteiger partial charge in [0.25, 0.3) is 0 Å². The summed E-state index contributed by atoms with van der Waals surface area (Å²) in [6.45, 7) is 1.89. The lowest BCUT2D eigenvalue weighted by molar-refractivity contribution is -0.142. The number of ether oxygens (including phenoxy) is 1. The molecule has 0 unspecified atom stereocenters. The molecule has 4 nitrogen and oxygen atoms in total. The van der Waals surface area contributed by atoms with Crippen LogP contribution in [-0.4, -0.2) is 23.7 Å². The highest BCUT2D eigenvalue weighted by Crippen LogP contribution is 2.16. The first-order valence-electron chi connectivity index (χ1n) is 5.50. The smallest absolute Gasteiger partial charge is 0.338 e. The lowest BCUT2D eigenvalue weighted by Gasteiger charge is -2.02. The molecule has 0 bridgehead atoms. The van der Waals surface area contributed by atoms with Crippen molar-refractivity contribution in [2.75, 3.05) is 6.61 Å². The summed E-state index contributed by atoms with van der Waals surface area (Å²) in [6, 6.07) is 1.36. The molecule has 0 fully saturated rings. The molecule has 1 aromatic rings. The normalized spacial score (nSPS) is 10.7. The Labute approximate surface area is 108 Å². The molecule has 0 aliphatic heterocycles. The molecule has 0 radical (unpaired) electrons. The van der Waals surface area contributed by atoms with Crippen LogP contribution in [0.25, 0.3) is 6.08 Å². The van der Waals surface area contributed by atoms with Gasteiger partial charge < -0.3 is 9.84 Å². The van der Waals surface area contributed by atoms with E-state index in [1.807, 2.05) is 0 Å². The summed E-state index contributed by atoms with van der Waals surface area (Å²) < 4.78 is 31.4. The number of carboxylic acid groups (broad SMARTS) is 1. The molecule has 0 aromatic heterocycles. The number of benzene rings is 1. The lowest BCUT2D eigenvalue weighted by atomic mass is 10.1. The third-order valence-electron chi connectivity index (χ3n) is 2.20. The number of hydrogen-bond donors (Lipinski definition) is 1. The number of halogens is 2. The highest BCUT2D eigenvalue weighted by Gasteiger charge is 2.13. The highest BCUT2D eigenvalue weighted by atomic mass is 19.1. The summed E-state index contributed by atoms with van der Waals surface area (Å²) >= 11 is 0. The van der Waals surface area contributed by atoms with Gasteiger partial charge in [0.2, 0.25) is 0 Å². The molecule has 0 aliphatic carbocycles. The van der Waals surface area contributed by atoms with Gasteiger partial charge in [-0.1, -0.05) is 12.2 Å². The Morgan fingerprint density at radius 2 is 2.00 bits per heavy atom. The molecule has 19 heavy (non-hydrogen) atoms. The first-order valence-corrected chi connectivity index (χ1v) is 5.50. The van der Waals surface area contributed by atoms with Crippen LogP contribution in [0.2, 0.25) is 0 Å². The SMILES string of the molecule is CCOC(=O)CC=Cc1cc(F)c(C(=O)O)cc1F. The van der Waals surface area contributed by atoms with E-state index in [1.54, 1.807) is 6.92 Å². The van der Waals surface area contributed by atoms with Crippen molar-refractivity contribution in [2.45, 2.75) is 13.3 Å². The maximum absolute atomic E-state index is 13.5. The minimum Gasteiger partial charge on any atom is -0.478 e. The molecule has 1 rings (SSSR count). The Morgan fingerprint density at radius 1 is 1.32 bits per heavy atom. The Bertz CT molecular complexity index is 524. The van der Waals surface area contributed by atoms with Gasteiger partial charge in [-0.05, 0) is 19.1 Å². The van der Waals surface area contributed by atoms with E-state index in [2.05, 4.69) is 4.74 Å². The fraction of sp³-hybridized carbons (Fsp3) is 0.231. The van der Waals surface area contributed by atoms with Crippen LogP contribution in [0.5, 0.6) is 0 Å². The standard InChI is InChI=1S/C13H12F2O4/c1-2-19-12(16)5-3-4-8-6-11(15)9(13(17)18)7-10(8)14/h3-4,6-7H,2,5H2,1H3,(H,17,18). The van der Waals surface area contributed by atoms with E-state index in [4.69, 9.17) is 5.11 Å². The minimum atomic E-state index is -1.54. The second-order valence-electron chi connectivity index (χ2n) is 3.57. The van der Waals surface area contributed by atoms with Crippen molar-refractivity contribution >= 4 is 18.0 Å². The van der Waals surface area contributed by atoms with E-state index in [-0.39, 0.29) is 18.6 Å². The first kappa shape index (κ1) is 14.8. The van der Waals surface area contributed by atoms with Gasteiger partial charge in [0.05, 0.1) is 18.6 Å². The number of carbonyl (C=O) groups is 2. The number of rotatable bonds is 5. The van der Waals surface area contributed by atoms with Gasteiger partial charge in [-0.15, -0.1) is 0 Å². The third kappa shape index (κ3) is 4.17. The molecule has 0 saturated carbocycles. The summed E-state index contributed by atoms with van der Waals surface area (Å²) in [5.74, 6) is -3.94. The quantitative estimate of drug-likeness (QED) is 0.835. The van der Waals surface area contributed by atoms with E-state index in [9.17, 15) is 18.4 Å². The molecule has 0 heterocycles. The number of carboxylic acids is 1. The van der Waals surface area contributed by atoms with Crippen LogP contribution in [0, 0.1) is 11.6 Å². The number of aromatic carboxylic acids is 1. The van der Waals surface area contributed by atoms with Gasteiger partial charge in [-0.25, -0.2) is 13.6 Å². The Kier molecular flexibility index (Phi) is 5.17. The Balaban J connectivity index is 2.85. The lowest BCUT2D eigenvalue weighted by Crippen LogP contribution is -2.03. The van der Waals surface area contributed by atoms with Crippen LogP contribution in [0.4, 0.5) is 8.78 Å². The summed E-state index contributed by atoms with van der Waals surface area (Å²) in [6.07, 6.45) is 2.44. The third-order valence-corrected chi connectivity index (χ3v) is 2.20. The number of carbonyl (C=O) groups excluding carboxylic acids is 1. The molecule has 0 atom stereocenters. The fourth-order valence-electron chi connectivity index (χ4n) is 1.36. The van der Waals surface area contributed by atoms with Crippen LogP contribution in [0.1, 0.15) is 29.3 Å². The molecule has 1 aromatic carbocycles. The van der Waals surface area contributed by atoms with Crippen LogP contribution in [0.15, 0.2) is 18.2 Å². The van der Waals surface area contributed by atoms with Gasteiger partial charge in [0.15, 0.2) is 0 Å². The Morgan fingerprint density at radius 3 is 2.58 bits per heavy atom. The van der Waals surface area contributed by atoms with Gasteiger partial charge in [0, 0.05) is 5.56 Å². The van der Waals surface area contributed by atoms with Crippen molar-refractivity contribution in [1.82, 2.24) is 0 Å². The van der Waals surface area contributed by atoms with Gasteiger partial charge in [-0.2, -0.15) is 0 Å². The first-order chi connectivity index (χ1) is 8.95. The monoisotopic (exact) mass is 270 g/mol. The van der Waals surface area contributed by atoms with Crippen LogP contribution < -0.4 is 0 Å². The molecule has 0 spiro atoms. The number of esters is 1. The molecular weight excluding hydrogens is 258 g/mol. The van der Waals surface area contributed by atoms with E-state index >= 15 is 0 Å². The van der Waals surface area contributed by atoms with Crippen molar-refractivity contribution in [3.8, 4) is 0 Å². The summed E-state index contributed by atoms with van der Waals surface area (Å²) in [5, 5.41) is 8.60. The zero-order valence-corrected chi connectivity index (χ0v) is 10.2. The molecule has 102 valence electrons. The van der Waals surface area contributed by atoms with E-state index in [0.29, 0.717) is 6.07 Å². The topological polar surface area (TPSA) is 63.6 Å². The van der Waals surface area contributed by atoms with Crippen LogP contribution in [-0.2, 0) is 9.53 Å². The maximum Gasteiger partial charge on any atom is 0.338 e.